The molecule has 0 saturated carbocycles. The number of fused-ring (bicyclic) bond motifs is 10. The Hall–Kier alpha value is -6.46. The monoisotopic (exact) mass is 848 g/mol. The highest BCUT2D eigenvalue weighted by molar-refractivity contribution is 5.93. The van der Waals surface area contributed by atoms with E-state index in [0.29, 0.717) is 56.8 Å². The van der Waals surface area contributed by atoms with Gasteiger partial charge in [0, 0.05) is 79.3 Å². The first kappa shape index (κ1) is 39.4. The molecule has 0 saturated heterocycles. The van der Waals surface area contributed by atoms with E-state index in [9.17, 15) is 9.59 Å². The Bertz CT molecular complexity index is 2610. The maximum atomic E-state index is 14.7. The lowest BCUT2D eigenvalue weighted by atomic mass is 9.51. The standard InChI is InChI=1S/C52H48O11/c1-55-29-23-24-30(56-2)42-41(29)51(27-15-11-9-12-16-27)43-44(52(42,63-51)28-17-13-10-14-18-28)48(60-6)38-34-36-35(45(57-3)31-25-19-21-26(22-20-25)32(31)46(36)58-4)33(37(38)47(43)59-5)39(49(53)61-7)40(34)50(54)62-8/h9-19,21,23-26,33-34,39-40H,20,22H2,1-8H3/t25-,26+,33+,34-,39-,40-,51-,52+/m1/s1. The van der Waals surface area contributed by atoms with Crippen molar-refractivity contribution in [1.82, 2.24) is 0 Å². The molecule has 8 aliphatic rings. The predicted molar refractivity (Wildman–Crippen MR) is 231 cm³/mol. The van der Waals surface area contributed by atoms with Crippen molar-refractivity contribution in [2.24, 2.45) is 11.8 Å². The summed E-state index contributed by atoms with van der Waals surface area (Å²) in [5.74, 6) is -1.36. The van der Waals surface area contributed by atoms with E-state index in [4.69, 9.17) is 42.6 Å². The number of carbonyl (C=O) groups is 2. The van der Waals surface area contributed by atoms with Crippen LogP contribution in [0.2, 0.25) is 0 Å². The van der Waals surface area contributed by atoms with Crippen LogP contribution in [0.3, 0.4) is 0 Å². The fourth-order valence-corrected chi connectivity index (χ4v) is 12.9. The van der Waals surface area contributed by atoms with E-state index in [1.165, 1.54) is 14.2 Å². The topological polar surface area (TPSA) is 117 Å². The summed E-state index contributed by atoms with van der Waals surface area (Å²) in [4.78, 5) is 29.4. The van der Waals surface area contributed by atoms with E-state index < -0.39 is 46.8 Å². The zero-order valence-electron chi connectivity index (χ0n) is 36.5. The minimum Gasteiger partial charge on any atom is -0.496 e. The van der Waals surface area contributed by atoms with E-state index in [1.54, 1.807) is 42.7 Å². The highest BCUT2D eigenvalue weighted by Gasteiger charge is 2.72. The van der Waals surface area contributed by atoms with Gasteiger partial charge in [-0.1, -0.05) is 72.8 Å². The number of esters is 2. The van der Waals surface area contributed by atoms with Gasteiger partial charge in [0.1, 0.15) is 34.5 Å². The average molecular weight is 849 g/mol. The summed E-state index contributed by atoms with van der Waals surface area (Å²) < 4.78 is 58.7. The molecule has 322 valence electrons. The van der Waals surface area contributed by atoms with Gasteiger partial charge in [0.15, 0.2) is 11.2 Å². The molecule has 0 spiro atoms. The van der Waals surface area contributed by atoms with Crippen molar-refractivity contribution < 1.29 is 52.2 Å². The Kier molecular flexibility index (Phi) is 8.77. The lowest BCUT2D eigenvalue weighted by Gasteiger charge is -2.52. The Morgan fingerprint density at radius 1 is 0.460 bits per heavy atom. The number of benzene rings is 5. The molecule has 11 nitrogen and oxygen atoms in total. The summed E-state index contributed by atoms with van der Waals surface area (Å²) in [5, 5.41) is 0. The Morgan fingerprint density at radius 3 is 1.14 bits per heavy atom. The summed E-state index contributed by atoms with van der Waals surface area (Å²) in [6.07, 6.45) is 6.39. The van der Waals surface area contributed by atoms with Crippen molar-refractivity contribution in [2.75, 3.05) is 56.9 Å². The van der Waals surface area contributed by atoms with E-state index in [1.807, 2.05) is 72.8 Å². The van der Waals surface area contributed by atoms with Crippen molar-refractivity contribution in [3.63, 3.8) is 0 Å². The van der Waals surface area contributed by atoms with Gasteiger partial charge in [0.25, 0.3) is 0 Å². The molecule has 0 amide bonds. The molecular weight excluding hydrogens is 801 g/mol. The molecule has 8 atom stereocenters. The quantitative estimate of drug-likeness (QED) is 0.0997. The lowest BCUT2D eigenvalue weighted by Crippen LogP contribution is -2.49. The largest absolute Gasteiger partial charge is 0.496 e. The third kappa shape index (κ3) is 4.58. The van der Waals surface area contributed by atoms with Gasteiger partial charge in [0.05, 0.1) is 68.7 Å². The molecule has 6 bridgehead atoms. The van der Waals surface area contributed by atoms with Crippen LogP contribution in [-0.2, 0) is 35.0 Å². The molecule has 13 rings (SSSR count). The van der Waals surface area contributed by atoms with Crippen LogP contribution >= 0.6 is 0 Å². The van der Waals surface area contributed by atoms with E-state index in [2.05, 4.69) is 12.2 Å². The maximum Gasteiger partial charge on any atom is 0.310 e. The van der Waals surface area contributed by atoms with Gasteiger partial charge < -0.3 is 42.6 Å². The molecule has 11 heteroatoms. The van der Waals surface area contributed by atoms with Crippen LogP contribution in [0.1, 0.15) is 103 Å². The van der Waals surface area contributed by atoms with Gasteiger partial charge >= 0.3 is 11.9 Å². The first-order valence-electron chi connectivity index (χ1n) is 21.3. The van der Waals surface area contributed by atoms with Crippen LogP contribution in [0.25, 0.3) is 0 Å². The van der Waals surface area contributed by atoms with E-state index in [0.717, 1.165) is 57.3 Å². The Balaban J connectivity index is 1.38. The minimum absolute atomic E-state index is 0.0682. The molecule has 0 aromatic heterocycles. The van der Waals surface area contributed by atoms with Crippen molar-refractivity contribution in [2.45, 2.75) is 47.7 Å². The number of hydrogen-bond acceptors (Lipinski definition) is 11. The minimum atomic E-state index is -1.39. The summed E-state index contributed by atoms with van der Waals surface area (Å²) in [6, 6.07) is 23.8. The molecule has 0 fully saturated rings. The van der Waals surface area contributed by atoms with Gasteiger partial charge in [0.2, 0.25) is 0 Å². The SMILES string of the molecule is COC(=O)[C@@H]1[C@@H]2c3c(OC)c4c(c(OC)c3[C@@H](c3c(OC)c5c(c(OC)c32)[C@@]2(c3ccccc3)O[C@]5(c3ccccc3)c3c(OC)ccc(OC)c32)[C@H]1C(=O)OC)[C@@H]1C=C[C@H]4CC1. The highest BCUT2D eigenvalue weighted by atomic mass is 16.6. The number of methoxy groups -OCH3 is 8. The zero-order valence-corrected chi connectivity index (χ0v) is 36.5. The predicted octanol–water partition coefficient (Wildman–Crippen LogP) is 8.37. The Morgan fingerprint density at radius 2 is 0.825 bits per heavy atom. The number of rotatable bonds is 10. The van der Waals surface area contributed by atoms with Crippen molar-refractivity contribution in [1.29, 1.82) is 0 Å². The fourth-order valence-electron chi connectivity index (χ4n) is 12.9. The summed E-state index contributed by atoms with van der Waals surface area (Å²) in [7, 11) is 12.7. The highest BCUT2D eigenvalue weighted by Crippen LogP contribution is 2.77. The van der Waals surface area contributed by atoms with Crippen LogP contribution in [0.15, 0.2) is 84.9 Å². The second kappa shape index (κ2) is 14.0. The summed E-state index contributed by atoms with van der Waals surface area (Å²) in [5.41, 5.74) is 6.68. The van der Waals surface area contributed by atoms with Crippen molar-refractivity contribution in [3.05, 3.63) is 152 Å². The first-order valence-corrected chi connectivity index (χ1v) is 21.3. The molecule has 5 aromatic carbocycles. The molecular formula is C52H48O11. The third-order valence-electron chi connectivity index (χ3n) is 14.9. The molecule has 0 radical (unpaired) electrons. The van der Waals surface area contributed by atoms with Gasteiger partial charge in [-0.25, -0.2) is 0 Å². The van der Waals surface area contributed by atoms with Crippen LogP contribution in [-0.4, -0.2) is 68.8 Å². The number of carbonyl (C=O) groups excluding carboxylic acids is 2. The van der Waals surface area contributed by atoms with E-state index >= 15 is 0 Å². The maximum absolute atomic E-state index is 14.7. The lowest BCUT2D eigenvalue weighted by molar-refractivity contribution is -0.160. The molecule has 0 N–H and O–H groups in total. The van der Waals surface area contributed by atoms with Gasteiger partial charge in [-0.15, -0.1) is 0 Å². The first-order chi connectivity index (χ1) is 30.8. The van der Waals surface area contributed by atoms with Crippen LogP contribution in [0.4, 0.5) is 0 Å². The van der Waals surface area contributed by atoms with Crippen LogP contribution in [0.5, 0.6) is 34.5 Å². The van der Waals surface area contributed by atoms with Gasteiger partial charge in [-0.05, 0) is 36.1 Å². The fraction of sp³-hybridized carbons (Fsp3) is 0.346. The number of allylic oxidation sites excluding steroid dienone is 2. The molecule has 5 aromatic rings. The zero-order chi connectivity index (χ0) is 43.7. The van der Waals surface area contributed by atoms with Crippen molar-refractivity contribution in [3.8, 4) is 34.5 Å². The average Bonchev–Trinajstić information content (AvgIpc) is 3.85. The third-order valence-corrected chi connectivity index (χ3v) is 14.9. The van der Waals surface area contributed by atoms with Gasteiger partial charge in [-0.2, -0.15) is 0 Å². The second-order valence-electron chi connectivity index (χ2n) is 17.0. The smallest absolute Gasteiger partial charge is 0.310 e. The van der Waals surface area contributed by atoms with Gasteiger partial charge in [-0.3, -0.25) is 9.59 Å². The molecule has 2 heterocycles. The van der Waals surface area contributed by atoms with Crippen molar-refractivity contribution >= 4 is 11.9 Å². The van der Waals surface area contributed by atoms with Crippen LogP contribution in [0, 0.1) is 11.8 Å². The van der Waals surface area contributed by atoms with Crippen LogP contribution < -0.4 is 28.4 Å². The second-order valence-corrected chi connectivity index (χ2v) is 17.0. The normalized spacial score (nSPS) is 26.7. The number of hydrogen-bond donors (Lipinski definition) is 0. The van der Waals surface area contributed by atoms with E-state index in [-0.39, 0.29) is 11.8 Å². The summed E-state index contributed by atoms with van der Waals surface area (Å²) in [6.45, 7) is 0. The molecule has 63 heavy (non-hydrogen) atoms. The Labute approximate surface area is 365 Å². The molecule has 2 aliphatic heterocycles. The molecule has 0 unspecified atom stereocenters. The molecule has 6 aliphatic carbocycles. The summed E-state index contributed by atoms with van der Waals surface area (Å²) >= 11 is 0. The number of ether oxygens (including phenoxy) is 9.